The summed E-state index contributed by atoms with van der Waals surface area (Å²) in [6.07, 6.45) is 13.4. The van der Waals surface area contributed by atoms with Gasteiger partial charge in [0.15, 0.2) is 0 Å². The third-order valence-electron chi connectivity index (χ3n) is 8.73. The first kappa shape index (κ1) is 30.1. The van der Waals surface area contributed by atoms with E-state index < -0.39 is 0 Å². The number of nitrogens with zero attached hydrogens (tertiary/aromatic N) is 4. The van der Waals surface area contributed by atoms with Crippen LogP contribution in [-0.2, 0) is 21.1 Å². The van der Waals surface area contributed by atoms with E-state index in [1.165, 1.54) is 87.0 Å². The smallest absolute Gasteiger partial charge is 0.132 e. The van der Waals surface area contributed by atoms with E-state index in [1.54, 1.807) is 0 Å². The molecule has 0 aromatic heterocycles. The summed E-state index contributed by atoms with van der Waals surface area (Å²) in [5.41, 5.74) is 2.34. The van der Waals surface area contributed by atoms with Crippen LogP contribution in [0, 0.1) is 17.9 Å². The number of aliphatic imine (C=N–C) groups is 2. The van der Waals surface area contributed by atoms with Crippen molar-refractivity contribution >= 4 is 11.7 Å². The van der Waals surface area contributed by atoms with E-state index in [0.717, 1.165) is 13.1 Å². The van der Waals surface area contributed by atoms with Crippen LogP contribution in [0.5, 0.6) is 0 Å². The predicted octanol–water partition coefficient (Wildman–Crippen LogP) is 3.33. The van der Waals surface area contributed by atoms with Gasteiger partial charge in [0.05, 0.1) is 12.1 Å². The molecular weight excluding hydrogens is 738 g/mol. The van der Waals surface area contributed by atoms with Crippen molar-refractivity contribution in [1.29, 1.82) is 0 Å². The van der Waals surface area contributed by atoms with Crippen molar-refractivity contribution < 1.29 is 45.0 Å². The van der Waals surface area contributed by atoms with Crippen molar-refractivity contribution in [3.8, 4) is 0 Å². The average molecular weight is 784 g/mol. The largest absolute Gasteiger partial charge is 1.00 e. The average Bonchev–Trinajstić information content (AvgIpc) is 3.51. The SMILES string of the molecule is CC(C)[C@H]1CN(C2CCCCC2)C(c2[c]c(C3=N[C@@H](C(C)C)CN3C3CCCCC3)ccc2)=N1.[I-].[Pt]. The van der Waals surface area contributed by atoms with Crippen LogP contribution in [-0.4, -0.2) is 58.7 Å². The quantitative estimate of drug-likeness (QED) is 0.416. The molecule has 0 unspecified atom stereocenters. The van der Waals surface area contributed by atoms with Crippen molar-refractivity contribution in [3.05, 3.63) is 35.4 Å². The fourth-order valence-corrected chi connectivity index (χ4v) is 6.45. The predicted molar refractivity (Wildman–Crippen MR) is 143 cm³/mol. The first-order valence-electron chi connectivity index (χ1n) is 14.2. The van der Waals surface area contributed by atoms with Gasteiger partial charge in [-0.15, -0.1) is 0 Å². The molecule has 2 saturated carbocycles. The van der Waals surface area contributed by atoms with E-state index in [0.29, 0.717) is 36.0 Å². The maximum Gasteiger partial charge on any atom is 0.132 e. The van der Waals surface area contributed by atoms with Gasteiger partial charge in [-0.2, -0.15) is 0 Å². The van der Waals surface area contributed by atoms with Gasteiger partial charge in [-0.1, -0.05) is 84.4 Å². The third-order valence-corrected chi connectivity index (χ3v) is 8.73. The Labute approximate surface area is 251 Å². The molecule has 0 N–H and O–H groups in total. The minimum Gasteiger partial charge on any atom is -1.00 e. The van der Waals surface area contributed by atoms with Gasteiger partial charge in [0.25, 0.3) is 0 Å². The van der Waals surface area contributed by atoms with Gasteiger partial charge in [-0.3, -0.25) is 9.98 Å². The summed E-state index contributed by atoms with van der Waals surface area (Å²) < 4.78 is 0. The Morgan fingerprint density at radius 2 is 1.08 bits per heavy atom. The molecule has 0 amide bonds. The summed E-state index contributed by atoms with van der Waals surface area (Å²) in [5.74, 6) is 3.52. The number of hydrogen-bond acceptors (Lipinski definition) is 4. The zero-order chi connectivity index (χ0) is 23.7. The van der Waals surface area contributed by atoms with Crippen LogP contribution in [0.3, 0.4) is 0 Å². The number of rotatable bonds is 6. The first-order chi connectivity index (χ1) is 16.5. The van der Waals surface area contributed by atoms with Gasteiger partial charge in [0.1, 0.15) is 11.7 Å². The molecule has 2 aliphatic carbocycles. The van der Waals surface area contributed by atoms with E-state index in [4.69, 9.17) is 9.98 Å². The van der Waals surface area contributed by atoms with Gasteiger partial charge < -0.3 is 33.8 Å². The molecule has 36 heavy (non-hydrogen) atoms. The Morgan fingerprint density at radius 3 is 1.44 bits per heavy atom. The molecule has 2 aliphatic heterocycles. The Hall–Kier alpha value is -0.422. The Kier molecular flexibility index (Phi) is 11.4. The van der Waals surface area contributed by atoms with Crippen LogP contribution in [0.4, 0.5) is 0 Å². The van der Waals surface area contributed by atoms with Crippen LogP contribution < -0.4 is 24.0 Å². The topological polar surface area (TPSA) is 31.2 Å². The Morgan fingerprint density at radius 1 is 0.694 bits per heavy atom. The molecule has 0 saturated heterocycles. The van der Waals surface area contributed by atoms with Crippen molar-refractivity contribution in [2.75, 3.05) is 13.1 Å². The molecule has 2 fully saturated rings. The van der Waals surface area contributed by atoms with E-state index in [9.17, 15) is 0 Å². The fraction of sp³-hybridized carbons (Fsp3) is 0.733. The summed E-state index contributed by atoms with van der Waals surface area (Å²) in [6.45, 7) is 11.4. The number of benzene rings is 1. The fourth-order valence-electron chi connectivity index (χ4n) is 6.45. The minimum absolute atomic E-state index is 0. The van der Waals surface area contributed by atoms with Gasteiger partial charge in [0.2, 0.25) is 0 Å². The summed E-state index contributed by atoms with van der Waals surface area (Å²) in [4.78, 5) is 15.9. The van der Waals surface area contributed by atoms with Gasteiger partial charge in [-0.05, 0) is 37.5 Å². The third kappa shape index (κ3) is 6.58. The van der Waals surface area contributed by atoms with Crippen molar-refractivity contribution in [2.45, 2.75) is 116 Å². The second-order valence-corrected chi connectivity index (χ2v) is 11.9. The van der Waals surface area contributed by atoms with E-state index in [1.807, 2.05) is 0 Å². The molecule has 6 heteroatoms. The Balaban J connectivity index is 0.00000180. The molecule has 5 rings (SSSR count). The molecule has 1 aromatic carbocycles. The summed E-state index contributed by atoms with van der Waals surface area (Å²) in [5, 5.41) is 0. The Bertz CT molecular complexity index is 833. The maximum absolute atomic E-state index is 5.29. The second-order valence-electron chi connectivity index (χ2n) is 11.9. The number of hydrogen-bond donors (Lipinski definition) is 0. The normalized spacial score (nSPS) is 25.6. The maximum atomic E-state index is 5.29. The van der Waals surface area contributed by atoms with Crippen LogP contribution >= 0.6 is 0 Å². The van der Waals surface area contributed by atoms with E-state index >= 15 is 0 Å². The van der Waals surface area contributed by atoms with Crippen molar-refractivity contribution in [2.24, 2.45) is 21.8 Å². The van der Waals surface area contributed by atoms with E-state index in [-0.39, 0.29) is 45.0 Å². The first-order valence-corrected chi connectivity index (χ1v) is 14.2. The molecule has 0 bridgehead atoms. The van der Waals surface area contributed by atoms with Crippen molar-refractivity contribution in [3.63, 3.8) is 0 Å². The van der Waals surface area contributed by atoms with E-state index in [2.05, 4.69) is 61.8 Å². The molecule has 203 valence electrons. The standard InChI is InChI=1S/C30H45N4.HI.Pt/c1-21(2)27-19-33(25-14-7-5-8-15-25)29(31-27)23-12-11-13-24(18-23)30-32-28(22(3)4)20-34(30)26-16-9-6-10-17-26;;/h11-13,21-22,25-28H,5-10,14-17,19-20H2,1-4H3;1H;/p-1/t27-,28-;;/m1../s1. The van der Waals surface area contributed by atoms with Crippen LogP contribution in [0.25, 0.3) is 0 Å². The van der Waals surface area contributed by atoms with Crippen LogP contribution in [0.1, 0.15) is 103 Å². The summed E-state index contributed by atoms with van der Waals surface area (Å²) >= 11 is 0. The molecule has 1 aromatic rings. The molecule has 4 aliphatic rings. The van der Waals surface area contributed by atoms with Gasteiger partial charge in [0, 0.05) is 63.4 Å². The summed E-state index contributed by atoms with van der Waals surface area (Å²) in [6, 6.07) is 12.6. The number of amidine groups is 2. The summed E-state index contributed by atoms with van der Waals surface area (Å²) in [7, 11) is 0. The molecular formula is C30H45IN4Pt-. The molecule has 1 radical (unpaired) electrons. The molecule has 0 spiro atoms. The molecule has 2 atom stereocenters. The van der Waals surface area contributed by atoms with Gasteiger partial charge in [-0.25, -0.2) is 0 Å². The minimum atomic E-state index is 0. The van der Waals surface area contributed by atoms with Crippen LogP contribution in [0.2, 0.25) is 0 Å². The zero-order valence-corrected chi connectivity index (χ0v) is 27.1. The van der Waals surface area contributed by atoms with Crippen LogP contribution in [0.15, 0.2) is 28.2 Å². The zero-order valence-electron chi connectivity index (χ0n) is 22.7. The van der Waals surface area contributed by atoms with Gasteiger partial charge >= 0.3 is 0 Å². The van der Waals surface area contributed by atoms with Crippen molar-refractivity contribution in [1.82, 2.24) is 9.80 Å². The second kappa shape index (κ2) is 13.6. The number of halogens is 1. The molecule has 2 heterocycles. The monoisotopic (exact) mass is 783 g/mol. The molecule has 4 nitrogen and oxygen atoms in total.